The minimum absolute atomic E-state index is 0.0167. The van der Waals surface area contributed by atoms with E-state index in [0.29, 0.717) is 6.42 Å². The van der Waals surface area contributed by atoms with Crippen LogP contribution in [0.25, 0.3) is 6.08 Å². The van der Waals surface area contributed by atoms with Crippen LogP contribution in [0.4, 0.5) is 0 Å². The summed E-state index contributed by atoms with van der Waals surface area (Å²) in [5.74, 6) is -0.143. The van der Waals surface area contributed by atoms with Gasteiger partial charge in [-0.1, -0.05) is 93.4 Å². The summed E-state index contributed by atoms with van der Waals surface area (Å²) < 4.78 is 42.7. The molecule has 0 aliphatic rings. The average molecular weight is 816 g/mol. The fourth-order valence-electron chi connectivity index (χ4n) is 6.29. The van der Waals surface area contributed by atoms with Crippen LogP contribution in [0.1, 0.15) is 126 Å². The number of aryl methyl sites for hydroxylation is 1. The standard InChI is InChI=1S/C40H76BNO5PS2Si2/c1-27(24-29(3)36(50-48(41)45)30(4)25-33-26-49-32(6)42-33)20-19-21-28(2)35(47-52(17,18)39(10,11)12)31(5)37(44)40(13,14)34(22-23-43)46-51(15,16)38(7,8)9/h24-26,28-29,31,34-36,41,43,48H,19-23H2,1-18H3/t28-,29-,31+,34-,35-,36?/m0/s1/i41T,48D. The van der Waals surface area contributed by atoms with Gasteiger partial charge >= 0.3 is 0 Å². The summed E-state index contributed by atoms with van der Waals surface area (Å²) in [5.41, 5.74) is 2.24. The topological polar surface area (TPSA) is 85.7 Å². The Morgan fingerprint density at radius 2 is 1.63 bits per heavy atom. The quantitative estimate of drug-likeness (QED) is 0.0709. The number of aliphatic hydroxyl groups excluding tert-OH is 1. The number of carbonyl (C=O) groups excluding carboxylic acids is 1. The lowest BCUT2D eigenvalue weighted by atomic mass is 9.73. The molecule has 12 heteroatoms. The Balaban J connectivity index is 3.35. The van der Waals surface area contributed by atoms with Crippen LogP contribution < -0.4 is 0 Å². The van der Waals surface area contributed by atoms with E-state index in [1.165, 1.54) is 5.57 Å². The molecule has 7 atom stereocenters. The van der Waals surface area contributed by atoms with Crippen LogP contribution in [0.2, 0.25) is 36.3 Å². The Bertz CT molecular complexity index is 1470. The van der Waals surface area contributed by atoms with Crippen LogP contribution in [-0.2, 0) is 18.2 Å². The van der Waals surface area contributed by atoms with Gasteiger partial charge in [0.25, 0.3) is 0 Å². The van der Waals surface area contributed by atoms with Crippen LogP contribution in [-0.4, -0.2) is 66.7 Å². The van der Waals surface area contributed by atoms with Crippen molar-refractivity contribution in [2.75, 3.05) is 6.61 Å². The Kier molecular flexibility index (Phi) is 18.0. The number of hydrogen-bond donors (Lipinski definition) is 1. The molecular weight excluding hydrogens is 737 g/mol. The van der Waals surface area contributed by atoms with Crippen LogP contribution in [0.5, 0.6) is 0 Å². The lowest BCUT2D eigenvalue weighted by Gasteiger charge is -2.46. The van der Waals surface area contributed by atoms with Crippen LogP contribution in [0, 0.1) is 30.1 Å². The molecule has 0 aliphatic carbocycles. The van der Waals surface area contributed by atoms with Gasteiger partial charge < -0.3 is 18.5 Å². The van der Waals surface area contributed by atoms with E-state index in [-0.39, 0.29) is 51.6 Å². The molecule has 1 aromatic rings. The van der Waals surface area contributed by atoms with Crippen molar-refractivity contribution in [1.82, 2.24) is 4.98 Å². The van der Waals surface area contributed by atoms with Gasteiger partial charge in [0.1, 0.15) is 5.78 Å². The largest absolute Gasteiger partial charge is 0.413 e. The first-order valence-corrected chi connectivity index (χ1v) is 28.7. The number of rotatable bonds is 22. The van der Waals surface area contributed by atoms with Crippen molar-refractivity contribution < 1.29 is 23.3 Å². The van der Waals surface area contributed by atoms with E-state index in [1.54, 1.807) is 11.3 Å². The van der Waals surface area contributed by atoms with E-state index in [1.807, 2.05) is 46.1 Å². The number of aromatic nitrogens is 1. The second kappa shape index (κ2) is 20.2. The molecule has 299 valence electrons. The maximum absolute atomic E-state index is 14.7. The van der Waals surface area contributed by atoms with E-state index in [9.17, 15) is 14.5 Å². The molecule has 1 N–H and O–H groups in total. The molecule has 1 radical (unpaired) electrons. The maximum Gasteiger partial charge on any atom is 0.192 e. The van der Waals surface area contributed by atoms with Crippen LogP contribution in [0.15, 0.2) is 22.6 Å². The summed E-state index contributed by atoms with van der Waals surface area (Å²) in [7, 11) is -3.70. The zero-order chi connectivity index (χ0) is 42.3. The smallest absolute Gasteiger partial charge is 0.192 e. The van der Waals surface area contributed by atoms with E-state index < -0.39 is 35.0 Å². The van der Waals surface area contributed by atoms with Gasteiger partial charge in [-0.25, -0.2) is 4.98 Å². The Hall–Kier alpha value is -0.261. The van der Waals surface area contributed by atoms with Crippen molar-refractivity contribution in [3.63, 3.8) is 0 Å². The number of thiazole rings is 1. The van der Waals surface area contributed by atoms with E-state index in [2.05, 4.69) is 99.6 Å². The van der Waals surface area contributed by atoms with Crippen LogP contribution in [0.3, 0.4) is 0 Å². The Labute approximate surface area is 334 Å². The first kappa shape index (κ1) is 46.1. The molecule has 0 saturated heterocycles. The van der Waals surface area contributed by atoms with Crippen molar-refractivity contribution in [3.05, 3.63) is 33.3 Å². The highest BCUT2D eigenvalue weighted by molar-refractivity contribution is 8.58. The molecule has 6 nitrogen and oxygen atoms in total. The van der Waals surface area contributed by atoms with E-state index >= 15 is 0 Å². The number of Topliss-reactive ketones (excluding diaryl/α,β-unsaturated/α-hetero) is 1. The number of hydrogen-bond acceptors (Lipinski definition) is 8. The first-order chi connectivity index (χ1) is 24.3. The monoisotopic (exact) mass is 815 g/mol. The molecule has 0 amide bonds. The summed E-state index contributed by atoms with van der Waals surface area (Å²) in [6, 6.07) is 0. The molecular formula is C40H76BNO5PS2Si2. The highest BCUT2D eigenvalue weighted by Gasteiger charge is 2.49. The van der Waals surface area contributed by atoms with Crippen molar-refractivity contribution in [3.8, 4) is 0 Å². The molecule has 1 rings (SSSR count). The lowest BCUT2D eigenvalue weighted by molar-refractivity contribution is -0.141. The molecule has 0 spiro atoms. The summed E-state index contributed by atoms with van der Waals surface area (Å²) >= 11 is 2.64. The van der Waals surface area contributed by atoms with Crippen molar-refractivity contribution in [2.45, 2.75) is 176 Å². The molecule has 0 aliphatic heterocycles. The van der Waals surface area contributed by atoms with Gasteiger partial charge in [0.15, 0.2) is 24.2 Å². The number of allylic oxidation sites excluding steroid dienone is 2. The van der Waals surface area contributed by atoms with Gasteiger partial charge in [-0.05, 0) is 102 Å². The molecule has 2 unspecified atom stereocenters. The molecule has 0 fully saturated rings. The number of nitrogens with zero attached hydrogens (tertiary/aromatic N) is 1. The first-order valence-electron chi connectivity index (χ1n) is 20.2. The third-order valence-electron chi connectivity index (χ3n) is 11.7. The molecule has 0 bridgehead atoms. The SMILES string of the molecule is [2H]P(=O)([B][3H])SC(C(C)=Cc1csc(C)n1)[C@@H](C)C=C(C)CCC[C@H](C)[C@H](O[Si](C)(C)C(C)(C)C)[C@@H](C)C(=O)C(C)(C)[C@H](CCO)O[Si](C)(C)C(C)(C)C. The number of ketones is 1. The molecule has 0 saturated carbocycles. The Morgan fingerprint density at radius 3 is 2.12 bits per heavy atom. The Morgan fingerprint density at radius 1 is 1.08 bits per heavy atom. The van der Waals surface area contributed by atoms with Gasteiger partial charge in [0, 0.05) is 28.6 Å². The van der Waals surface area contributed by atoms with Gasteiger partial charge in [-0.3, -0.25) is 4.79 Å². The second-order valence-corrected chi connectivity index (χ2v) is 32.4. The second-order valence-electron chi connectivity index (χ2n) is 18.8. The number of carbonyl (C=O) groups is 1. The van der Waals surface area contributed by atoms with Crippen LogP contribution >= 0.6 is 29.5 Å². The predicted molar refractivity (Wildman–Crippen MR) is 238 cm³/mol. The zero-order valence-corrected chi connectivity index (χ0v) is 40.6. The molecule has 0 aromatic carbocycles. The fourth-order valence-corrected chi connectivity index (χ4v) is 12.3. The lowest BCUT2D eigenvalue weighted by Crippen LogP contribution is -2.54. The third-order valence-corrected chi connectivity index (χ3v) is 24.0. The fraction of sp³-hybridized carbons (Fsp3) is 0.800. The highest BCUT2D eigenvalue weighted by Crippen LogP contribution is 2.45. The molecule has 52 heavy (non-hydrogen) atoms. The molecule has 1 aromatic heterocycles. The van der Waals surface area contributed by atoms with E-state index in [0.717, 1.165) is 54.4 Å². The average Bonchev–Trinajstić information content (AvgIpc) is 3.44. The van der Waals surface area contributed by atoms with Crippen molar-refractivity contribution >= 4 is 65.6 Å². The minimum Gasteiger partial charge on any atom is -0.413 e. The molecule has 1 heterocycles. The summed E-state index contributed by atoms with van der Waals surface area (Å²) in [5, 5.41) is 12.8. The third kappa shape index (κ3) is 14.7. The maximum atomic E-state index is 14.7. The van der Waals surface area contributed by atoms with Crippen molar-refractivity contribution in [1.29, 1.82) is 2.61 Å². The number of aliphatic hydroxyl groups is 1. The van der Waals surface area contributed by atoms with Gasteiger partial charge in [-0.15, -0.1) is 22.7 Å². The van der Waals surface area contributed by atoms with Gasteiger partial charge in [-0.2, -0.15) is 0 Å². The van der Waals surface area contributed by atoms with Gasteiger partial charge in [0.05, 0.1) is 31.0 Å². The summed E-state index contributed by atoms with van der Waals surface area (Å²) in [4.78, 5) is 19.2. The summed E-state index contributed by atoms with van der Waals surface area (Å²) in [6.45, 7) is 35.0. The van der Waals surface area contributed by atoms with Crippen molar-refractivity contribution in [2.24, 2.45) is 23.2 Å². The summed E-state index contributed by atoms with van der Waals surface area (Å²) in [6.07, 6.45) is 6.63. The highest BCUT2D eigenvalue weighted by atomic mass is 32.7. The van der Waals surface area contributed by atoms with Gasteiger partial charge in [0.2, 0.25) is 0 Å². The minimum atomic E-state index is -3.55. The normalized spacial score (nSPS) is 19.5. The zero-order valence-electron chi connectivity index (χ0n) is 38.1. The van der Waals surface area contributed by atoms with E-state index in [4.69, 9.17) is 11.5 Å². The predicted octanol–water partition coefficient (Wildman–Crippen LogP) is 12.0.